The van der Waals surface area contributed by atoms with E-state index in [-0.39, 0.29) is 0 Å². The molecule has 0 spiro atoms. The second-order valence-electron chi connectivity index (χ2n) is 5.51. The number of rotatable bonds is 1. The highest BCUT2D eigenvalue weighted by Crippen LogP contribution is 2.32. The van der Waals surface area contributed by atoms with Gasteiger partial charge >= 0.3 is 12.3 Å². The molecule has 0 unspecified atom stereocenters. The van der Waals surface area contributed by atoms with Gasteiger partial charge in [-0.1, -0.05) is 24.3 Å². The molecular weight excluding hydrogens is 307 g/mol. The number of carboxylic acid groups (broad SMARTS) is 1. The predicted molar refractivity (Wildman–Crippen MR) is 79.0 cm³/mol. The molecule has 1 amide bonds. The molecule has 2 aromatic carbocycles. The molecule has 0 saturated carbocycles. The summed E-state index contributed by atoms with van der Waals surface area (Å²) in [6.45, 7) is 0.765. The SMILES string of the molecule is O=C(O)N1CCc2ccc(-c3ccc(C(F)(F)F)cc3)cc2C1. The third-order valence-electron chi connectivity index (χ3n) is 4.03. The van der Waals surface area contributed by atoms with Crippen LogP contribution in [0.15, 0.2) is 42.5 Å². The van der Waals surface area contributed by atoms with Gasteiger partial charge in [0.2, 0.25) is 0 Å². The lowest BCUT2D eigenvalue weighted by molar-refractivity contribution is -0.137. The fourth-order valence-electron chi connectivity index (χ4n) is 2.75. The van der Waals surface area contributed by atoms with Crippen molar-refractivity contribution < 1.29 is 23.1 Å². The Bertz CT molecular complexity index is 738. The second-order valence-corrected chi connectivity index (χ2v) is 5.51. The Labute approximate surface area is 131 Å². The Balaban J connectivity index is 1.90. The van der Waals surface area contributed by atoms with Gasteiger partial charge in [-0.15, -0.1) is 0 Å². The van der Waals surface area contributed by atoms with Gasteiger partial charge in [0.15, 0.2) is 0 Å². The van der Waals surface area contributed by atoms with Crippen LogP contribution in [0.4, 0.5) is 18.0 Å². The molecule has 0 saturated heterocycles. The molecule has 0 atom stereocenters. The van der Waals surface area contributed by atoms with Crippen LogP contribution in [0.1, 0.15) is 16.7 Å². The van der Waals surface area contributed by atoms with E-state index in [1.165, 1.54) is 17.0 Å². The minimum Gasteiger partial charge on any atom is -0.465 e. The van der Waals surface area contributed by atoms with Crippen molar-refractivity contribution in [2.45, 2.75) is 19.1 Å². The van der Waals surface area contributed by atoms with E-state index in [0.29, 0.717) is 25.1 Å². The van der Waals surface area contributed by atoms with Crippen molar-refractivity contribution in [2.75, 3.05) is 6.54 Å². The first-order chi connectivity index (χ1) is 10.8. The molecule has 0 radical (unpaired) electrons. The molecule has 120 valence electrons. The second kappa shape index (κ2) is 5.61. The average Bonchev–Trinajstić information content (AvgIpc) is 2.53. The maximum absolute atomic E-state index is 12.6. The summed E-state index contributed by atoms with van der Waals surface area (Å²) >= 11 is 0. The summed E-state index contributed by atoms with van der Waals surface area (Å²) in [6, 6.07) is 10.6. The Kier molecular flexibility index (Phi) is 3.75. The molecule has 0 fully saturated rings. The molecule has 1 heterocycles. The van der Waals surface area contributed by atoms with Crippen molar-refractivity contribution in [1.82, 2.24) is 4.90 Å². The minimum atomic E-state index is -4.35. The van der Waals surface area contributed by atoms with Crippen LogP contribution in [0.25, 0.3) is 11.1 Å². The highest BCUT2D eigenvalue weighted by molar-refractivity contribution is 5.68. The lowest BCUT2D eigenvalue weighted by Gasteiger charge is -2.26. The van der Waals surface area contributed by atoms with Gasteiger partial charge in [0, 0.05) is 13.1 Å². The van der Waals surface area contributed by atoms with Gasteiger partial charge < -0.3 is 10.0 Å². The molecule has 3 rings (SSSR count). The zero-order valence-corrected chi connectivity index (χ0v) is 12.1. The first-order valence-corrected chi connectivity index (χ1v) is 7.12. The van der Waals surface area contributed by atoms with Crippen LogP contribution in [0.2, 0.25) is 0 Å². The molecule has 1 N–H and O–H groups in total. The Hall–Kier alpha value is -2.50. The van der Waals surface area contributed by atoms with E-state index in [0.717, 1.165) is 28.8 Å². The molecule has 0 aromatic heterocycles. The molecule has 2 aromatic rings. The van der Waals surface area contributed by atoms with Crippen molar-refractivity contribution in [3.63, 3.8) is 0 Å². The van der Waals surface area contributed by atoms with Gasteiger partial charge in [-0.3, -0.25) is 0 Å². The number of fused-ring (bicyclic) bond motifs is 1. The highest BCUT2D eigenvalue weighted by Gasteiger charge is 2.30. The zero-order valence-electron chi connectivity index (χ0n) is 12.1. The summed E-state index contributed by atoms with van der Waals surface area (Å²) in [5.41, 5.74) is 2.75. The first kappa shape index (κ1) is 15.4. The van der Waals surface area contributed by atoms with E-state index in [1.54, 1.807) is 0 Å². The van der Waals surface area contributed by atoms with Crippen molar-refractivity contribution in [3.05, 3.63) is 59.2 Å². The largest absolute Gasteiger partial charge is 0.465 e. The van der Waals surface area contributed by atoms with E-state index in [1.807, 2.05) is 18.2 Å². The monoisotopic (exact) mass is 321 g/mol. The Morgan fingerprint density at radius 2 is 1.65 bits per heavy atom. The molecule has 1 aliphatic heterocycles. The number of alkyl halides is 3. The standard InChI is InChI=1S/C17H14F3NO2/c18-17(19,20)15-5-3-11(4-6-15)13-2-1-12-7-8-21(16(22)23)10-14(12)9-13/h1-6,9H,7-8,10H2,(H,22,23). The molecular formula is C17H14F3NO2. The van der Waals surface area contributed by atoms with E-state index in [4.69, 9.17) is 5.11 Å². The van der Waals surface area contributed by atoms with Crippen LogP contribution in [0, 0.1) is 0 Å². The summed E-state index contributed by atoms with van der Waals surface area (Å²) in [5.74, 6) is 0. The lowest BCUT2D eigenvalue weighted by atomic mass is 9.94. The highest BCUT2D eigenvalue weighted by atomic mass is 19.4. The van der Waals surface area contributed by atoms with E-state index >= 15 is 0 Å². The molecule has 6 heteroatoms. The number of hydrogen-bond donors (Lipinski definition) is 1. The van der Waals surface area contributed by atoms with Crippen LogP contribution >= 0.6 is 0 Å². The molecule has 0 aliphatic carbocycles. The quantitative estimate of drug-likeness (QED) is 0.845. The fourth-order valence-corrected chi connectivity index (χ4v) is 2.75. The smallest absolute Gasteiger partial charge is 0.416 e. The third kappa shape index (κ3) is 3.16. The van der Waals surface area contributed by atoms with Crippen LogP contribution in [0.3, 0.4) is 0 Å². The molecule has 3 nitrogen and oxygen atoms in total. The van der Waals surface area contributed by atoms with Crippen LogP contribution in [-0.2, 0) is 19.1 Å². The molecule has 1 aliphatic rings. The average molecular weight is 321 g/mol. The van der Waals surface area contributed by atoms with Gasteiger partial charge in [-0.05, 0) is 46.9 Å². The summed E-state index contributed by atoms with van der Waals surface area (Å²) in [5, 5.41) is 9.08. The maximum atomic E-state index is 12.6. The predicted octanol–water partition coefficient (Wildman–Crippen LogP) is 4.41. The van der Waals surface area contributed by atoms with Gasteiger partial charge in [-0.2, -0.15) is 13.2 Å². The van der Waals surface area contributed by atoms with Crippen LogP contribution < -0.4 is 0 Å². The van der Waals surface area contributed by atoms with E-state index in [9.17, 15) is 18.0 Å². The number of carbonyl (C=O) groups is 1. The first-order valence-electron chi connectivity index (χ1n) is 7.12. The Morgan fingerprint density at radius 3 is 2.26 bits per heavy atom. The fraction of sp³-hybridized carbons (Fsp3) is 0.235. The molecule has 23 heavy (non-hydrogen) atoms. The molecule has 0 bridgehead atoms. The van der Waals surface area contributed by atoms with Gasteiger partial charge in [0.25, 0.3) is 0 Å². The van der Waals surface area contributed by atoms with Crippen molar-refractivity contribution in [3.8, 4) is 11.1 Å². The van der Waals surface area contributed by atoms with Gasteiger partial charge in [0.05, 0.1) is 5.56 Å². The number of benzene rings is 2. The van der Waals surface area contributed by atoms with Gasteiger partial charge in [0.1, 0.15) is 0 Å². The summed E-state index contributed by atoms with van der Waals surface area (Å²) < 4.78 is 37.8. The maximum Gasteiger partial charge on any atom is 0.416 e. The zero-order chi connectivity index (χ0) is 16.6. The van der Waals surface area contributed by atoms with E-state index < -0.39 is 17.8 Å². The summed E-state index contributed by atoms with van der Waals surface area (Å²) in [7, 11) is 0. The number of amides is 1. The van der Waals surface area contributed by atoms with E-state index in [2.05, 4.69) is 0 Å². The van der Waals surface area contributed by atoms with Crippen LogP contribution in [-0.4, -0.2) is 22.6 Å². The van der Waals surface area contributed by atoms with Crippen molar-refractivity contribution >= 4 is 6.09 Å². The number of nitrogens with zero attached hydrogens (tertiary/aromatic N) is 1. The van der Waals surface area contributed by atoms with Crippen LogP contribution in [0.5, 0.6) is 0 Å². The van der Waals surface area contributed by atoms with Crippen molar-refractivity contribution in [2.24, 2.45) is 0 Å². The topological polar surface area (TPSA) is 40.5 Å². The Morgan fingerprint density at radius 1 is 1.00 bits per heavy atom. The summed E-state index contributed by atoms with van der Waals surface area (Å²) in [6.07, 6.45) is -4.67. The third-order valence-corrected chi connectivity index (χ3v) is 4.03. The summed E-state index contributed by atoms with van der Waals surface area (Å²) in [4.78, 5) is 12.4. The lowest BCUT2D eigenvalue weighted by Crippen LogP contribution is -2.34. The normalized spacial score (nSPS) is 14.5. The van der Waals surface area contributed by atoms with Crippen molar-refractivity contribution in [1.29, 1.82) is 0 Å². The van der Waals surface area contributed by atoms with Gasteiger partial charge in [-0.25, -0.2) is 4.79 Å². The minimum absolute atomic E-state index is 0.305. The number of hydrogen-bond acceptors (Lipinski definition) is 1. The number of halogens is 3.